The number of hydrogen-bond acceptors (Lipinski definition) is 3. The Bertz CT molecular complexity index is 279. The Kier molecular flexibility index (Phi) is 1.80. The van der Waals surface area contributed by atoms with E-state index in [-0.39, 0.29) is 0 Å². The van der Waals surface area contributed by atoms with E-state index in [0.29, 0.717) is 5.88 Å². The van der Waals surface area contributed by atoms with Crippen molar-refractivity contribution in [3.8, 4) is 5.88 Å². The molecule has 60 valence electrons. The van der Waals surface area contributed by atoms with Gasteiger partial charge in [0.05, 0.1) is 5.69 Å². The van der Waals surface area contributed by atoms with Crippen LogP contribution in [0.5, 0.6) is 5.88 Å². The van der Waals surface area contributed by atoms with Crippen molar-refractivity contribution in [2.45, 2.75) is 6.92 Å². The van der Waals surface area contributed by atoms with Crippen molar-refractivity contribution in [1.82, 2.24) is 9.78 Å². The van der Waals surface area contributed by atoms with E-state index in [1.807, 2.05) is 0 Å². The highest BCUT2D eigenvalue weighted by Gasteiger charge is 2.04. The molecule has 0 atom stereocenters. The molecule has 0 aliphatic carbocycles. The summed E-state index contributed by atoms with van der Waals surface area (Å²) in [6.45, 7) is 1.80. The summed E-state index contributed by atoms with van der Waals surface area (Å²) in [6, 6.07) is 1.63. The zero-order valence-electron chi connectivity index (χ0n) is 6.37. The van der Waals surface area contributed by atoms with Gasteiger partial charge in [0.15, 0.2) is 0 Å². The first-order chi connectivity index (χ1) is 5.09. The number of primary amides is 1. The molecule has 0 fully saturated rings. The van der Waals surface area contributed by atoms with Crippen molar-refractivity contribution in [3.05, 3.63) is 11.8 Å². The lowest BCUT2D eigenvalue weighted by atomic mass is 10.5. The monoisotopic (exact) mass is 155 g/mol. The van der Waals surface area contributed by atoms with Crippen molar-refractivity contribution >= 4 is 6.09 Å². The van der Waals surface area contributed by atoms with Crippen LogP contribution in [-0.4, -0.2) is 15.9 Å². The molecule has 0 aliphatic heterocycles. The molecular formula is C6H9N3O2. The van der Waals surface area contributed by atoms with Crippen LogP contribution in [0.25, 0.3) is 0 Å². The molecule has 2 N–H and O–H groups in total. The molecular weight excluding hydrogens is 146 g/mol. The van der Waals surface area contributed by atoms with Gasteiger partial charge in [0.25, 0.3) is 0 Å². The van der Waals surface area contributed by atoms with Crippen molar-refractivity contribution in [2.24, 2.45) is 12.8 Å². The van der Waals surface area contributed by atoms with Crippen LogP contribution in [0.15, 0.2) is 6.07 Å². The normalized spacial score (nSPS) is 9.64. The van der Waals surface area contributed by atoms with Gasteiger partial charge in [-0.05, 0) is 6.92 Å². The second-order valence-electron chi connectivity index (χ2n) is 2.17. The lowest BCUT2D eigenvalue weighted by Gasteiger charge is -1.97. The SMILES string of the molecule is Cc1cc(OC(N)=O)n(C)n1. The third-order valence-corrected chi connectivity index (χ3v) is 1.16. The van der Waals surface area contributed by atoms with Crippen molar-refractivity contribution in [1.29, 1.82) is 0 Å². The summed E-state index contributed by atoms with van der Waals surface area (Å²) in [5, 5.41) is 3.95. The van der Waals surface area contributed by atoms with E-state index in [4.69, 9.17) is 5.73 Å². The minimum Gasteiger partial charge on any atom is -0.392 e. The first-order valence-corrected chi connectivity index (χ1v) is 3.07. The van der Waals surface area contributed by atoms with Crippen LogP contribution in [0.3, 0.4) is 0 Å². The van der Waals surface area contributed by atoms with E-state index >= 15 is 0 Å². The topological polar surface area (TPSA) is 70.1 Å². The quantitative estimate of drug-likeness (QED) is 0.629. The van der Waals surface area contributed by atoms with E-state index < -0.39 is 6.09 Å². The van der Waals surface area contributed by atoms with Gasteiger partial charge in [-0.2, -0.15) is 5.10 Å². The van der Waals surface area contributed by atoms with Gasteiger partial charge in [0, 0.05) is 13.1 Å². The smallest absolute Gasteiger partial charge is 0.392 e. The second kappa shape index (κ2) is 2.61. The highest BCUT2D eigenvalue weighted by Crippen LogP contribution is 2.10. The molecule has 0 unspecified atom stereocenters. The maximum Gasteiger partial charge on any atom is 0.411 e. The average molecular weight is 155 g/mol. The maximum atomic E-state index is 10.3. The number of carbonyl (C=O) groups is 1. The Morgan fingerprint density at radius 1 is 1.82 bits per heavy atom. The Hall–Kier alpha value is -1.52. The summed E-state index contributed by atoms with van der Waals surface area (Å²) in [6.07, 6.45) is -0.826. The van der Waals surface area contributed by atoms with Crippen molar-refractivity contribution in [3.63, 3.8) is 0 Å². The molecule has 5 heteroatoms. The van der Waals surface area contributed by atoms with E-state index in [1.54, 1.807) is 20.0 Å². The fourth-order valence-electron chi connectivity index (χ4n) is 0.785. The predicted octanol–water partition coefficient (Wildman–Crippen LogP) is 0.186. The average Bonchev–Trinajstić information content (AvgIpc) is 2.09. The molecule has 1 aromatic heterocycles. The standard InChI is InChI=1S/C6H9N3O2/c1-4-3-5(9(2)8-4)11-6(7)10/h3H,1-2H3,(H2,7,10). The number of aromatic nitrogens is 2. The Balaban J connectivity index is 2.85. The Labute approximate surface area is 63.7 Å². The van der Waals surface area contributed by atoms with Crippen LogP contribution in [0.4, 0.5) is 4.79 Å². The predicted molar refractivity (Wildman–Crippen MR) is 38.2 cm³/mol. The molecule has 0 saturated carbocycles. The maximum absolute atomic E-state index is 10.3. The Morgan fingerprint density at radius 3 is 2.82 bits per heavy atom. The van der Waals surface area contributed by atoms with E-state index in [9.17, 15) is 4.79 Å². The van der Waals surface area contributed by atoms with Crippen LogP contribution in [0, 0.1) is 6.92 Å². The van der Waals surface area contributed by atoms with Gasteiger partial charge < -0.3 is 10.5 Å². The fourth-order valence-corrected chi connectivity index (χ4v) is 0.785. The van der Waals surface area contributed by atoms with E-state index in [2.05, 4.69) is 9.84 Å². The van der Waals surface area contributed by atoms with Crippen LogP contribution < -0.4 is 10.5 Å². The summed E-state index contributed by atoms with van der Waals surface area (Å²) in [4.78, 5) is 10.3. The highest BCUT2D eigenvalue weighted by molar-refractivity contribution is 5.67. The molecule has 1 rings (SSSR count). The van der Waals surface area contributed by atoms with Crippen LogP contribution in [0.1, 0.15) is 5.69 Å². The summed E-state index contributed by atoms with van der Waals surface area (Å²) < 4.78 is 6.05. The fraction of sp³-hybridized carbons (Fsp3) is 0.333. The van der Waals surface area contributed by atoms with Gasteiger partial charge in [-0.25, -0.2) is 9.48 Å². The number of aryl methyl sites for hydroxylation is 2. The molecule has 0 aromatic carbocycles. The summed E-state index contributed by atoms with van der Waals surface area (Å²) in [7, 11) is 1.67. The van der Waals surface area contributed by atoms with Crippen LogP contribution in [0.2, 0.25) is 0 Å². The minimum absolute atomic E-state index is 0.356. The largest absolute Gasteiger partial charge is 0.411 e. The number of hydrogen-bond donors (Lipinski definition) is 1. The molecule has 1 aromatic rings. The third-order valence-electron chi connectivity index (χ3n) is 1.16. The molecule has 5 nitrogen and oxygen atoms in total. The zero-order chi connectivity index (χ0) is 8.43. The van der Waals surface area contributed by atoms with Crippen molar-refractivity contribution < 1.29 is 9.53 Å². The Morgan fingerprint density at radius 2 is 2.45 bits per heavy atom. The molecule has 0 saturated heterocycles. The molecule has 0 radical (unpaired) electrons. The lowest BCUT2D eigenvalue weighted by Crippen LogP contribution is -2.17. The number of rotatable bonds is 1. The minimum atomic E-state index is -0.826. The molecule has 11 heavy (non-hydrogen) atoms. The molecule has 1 heterocycles. The third kappa shape index (κ3) is 1.70. The second-order valence-corrected chi connectivity index (χ2v) is 2.17. The van der Waals surface area contributed by atoms with Crippen molar-refractivity contribution in [2.75, 3.05) is 0 Å². The first-order valence-electron chi connectivity index (χ1n) is 3.07. The molecule has 0 aliphatic rings. The number of carbonyl (C=O) groups excluding carboxylic acids is 1. The van der Waals surface area contributed by atoms with Gasteiger partial charge in [0.1, 0.15) is 0 Å². The van der Waals surface area contributed by atoms with Gasteiger partial charge in [0.2, 0.25) is 5.88 Å². The number of nitrogens with zero attached hydrogens (tertiary/aromatic N) is 2. The summed E-state index contributed by atoms with van der Waals surface area (Å²) >= 11 is 0. The number of amides is 1. The highest BCUT2D eigenvalue weighted by atomic mass is 16.6. The van der Waals surface area contributed by atoms with Gasteiger partial charge >= 0.3 is 6.09 Å². The lowest BCUT2D eigenvalue weighted by molar-refractivity contribution is 0.206. The van der Waals surface area contributed by atoms with Gasteiger partial charge in [-0.15, -0.1) is 0 Å². The van der Waals surface area contributed by atoms with Gasteiger partial charge in [-0.1, -0.05) is 0 Å². The van der Waals surface area contributed by atoms with E-state index in [1.165, 1.54) is 4.68 Å². The summed E-state index contributed by atoms with van der Waals surface area (Å²) in [5.74, 6) is 0.356. The zero-order valence-corrected chi connectivity index (χ0v) is 6.37. The first kappa shape index (κ1) is 7.59. The van der Waals surface area contributed by atoms with Crippen LogP contribution in [-0.2, 0) is 7.05 Å². The molecule has 1 amide bonds. The number of ether oxygens (including phenoxy) is 1. The van der Waals surface area contributed by atoms with Crippen LogP contribution >= 0.6 is 0 Å². The van der Waals surface area contributed by atoms with Gasteiger partial charge in [-0.3, -0.25) is 0 Å². The molecule has 0 spiro atoms. The molecule has 0 bridgehead atoms. The number of nitrogens with two attached hydrogens (primary N) is 1. The summed E-state index contributed by atoms with van der Waals surface area (Å²) in [5.41, 5.74) is 5.58. The van der Waals surface area contributed by atoms with E-state index in [0.717, 1.165) is 5.69 Å².